The lowest BCUT2D eigenvalue weighted by Crippen LogP contribution is -2.40. The number of nitrogens with zero attached hydrogens (tertiary/aromatic N) is 3. The minimum Gasteiger partial charge on any atom is -0.359 e. The number of hydrogen-bond acceptors (Lipinski definition) is 3. The zero-order valence-corrected chi connectivity index (χ0v) is 17.6. The Balaban J connectivity index is 1.26. The normalized spacial score (nSPS) is 20.2. The van der Waals surface area contributed by atoms with Gasteiger partial charge in [-0.25, -0.2) is 0 Å². The second-order valence-electron chi connectivity index (χ2n) is 8.40. The van der Waals surface area contributed by atoms with E-state index in [-0.39, 0.29) is 23.8 Å². The van der Waals surface area contributed by atoms with Crippen molar-refractivity contribution in [1.29, 1.82) is 0 Å². The van der Waals surface area contributed by atoms with Gasteiger partial charge in [-0.3, -0.25) is 14.6 Å². The molecule has 1 N–H and O–H groups in total. The molecule has 31 heavy (non-hydrogen) atoms. The Morgan fingerprint density at radius 1 is 1.19 bits per heavy atom. The Labute approximate surface area is 181 Å². The van der Waals surface area contributed by atoms with Gasteiger partial charge in [0.25, 0.3) is 0 Å². The number of carbonyl (C=O) groups excluding carboxylic acids is 2. The van der Waals surface area contributed by atoms with Crippen molar-refractivity contribution in [2.24, 2.45) is 5.92 Å². The maximum Gasteiger partial charge on any atom is 0.228 e. The summed E-state index contributed by atoms with van der Waals surface area (Å²) in [6.45, 7) is 3.77. The van der Waals surface area contributed by atoms with E-state index in [2.05, 4.69) is 16.0 Å². The molecule has 158 valence electrons. The highest BCUT2D eigenvalue weighted by Crippen LogP contribution is 2.32. The van der Waals surface area contributed by atoms with E-state index in [9.17, 15) is 9.59 Å². The Kier molecular flexibility index (Phi) is 5.06. The molecule has 2 aliphatic rings. The van der Waals surface area contributed by atoms with Gasteiger partial charge in [0.1, 0.15) is 0 Å². The Morgan fingerprint density at radius 2 is 2.03 bits per heavy atom. The van der Waals surface area contributed by atoms with Crippen LogP contribution in [0.3, 0.4) is 0 Å². The molecule has 3 aromatic rings. The fourth-order valence-electron chi connectivity index (χ4n) is 4.75. The molecule has 1 saturated heterocycles. The third-order valence-electron chi connectivity index (χ3n) is 6.56. The van der Waals surface area contributed by atoms with Crippen molar-refractivity contribution in [3.05, 3.63) is 72.1 Å². The van der Waals surface area contributed by atoms with Gasteiger partial charge in [-0.05, 0) is 36.6 Å². The van der Waals surface area contributed by atoms with Gasteiger partial charge in [0.2, 0.25) is 11.8 Å². The predicted molar refractivity (Wildman–Crippen MR) is 120 cm³/mol. The third kappa shape index (κ3) is 3.63. The van der Waals surface area contributed by atoms with Gasteiger partial charge >= 0.3 is 0 Å². The van der Waals surface area contributed by atoms with Crippen LogP contribution in [-0.4, -0.2) is 51.2 Å². The zero-order valence-electron chi connectivity index (χ0n) is 17.6. The van der Waals surface area contributed by atoms with E-state index in [1.807, 2.05) is 65.4 Å². The molecule has 2 atom stereocenters. The second-order valence-corrected chi connectivity index (χ2v) is 8.40. The summed E-state index contributed by atoms with van der Waals surface area (Å²) in [5.41, 5.74) is 5.42. The molecule has 1 fully saturated rings. The molecule has 2 unspecified atom stereocenters. The van der Waals surface area contributed by atoms with Crippen LogP contribution in [0.2, 0.25) is 0 Å². The Hall–Kier alpha value is -3.41. The number of nitrogens with one attached hydrogen (secondary N) is 1. The first-order valence-electron chi connectivity index (χ1n) is 10.9. The Bertz CT molecular complexity index is 1150. The van der Waals surface area contributed by atoms with Crippen molar-refractivity contribution < 1.29 is 9.59 Å². The number of pyridine rings is 1. The number of aromatic nitrogens is 2. The molecule has 2 aliphatic heterocycles. The summed E-state index contributed by atoms with van der Waals surface area (Å²) >= 11 is 0. The summed E-state index contributed by atoms with van der Waals surface area (Å²) in [4.78, 5) is 37.3. The van der Waals surface area contributed by atoms with Gasteiger partial charge in [0, 0.05) is 44.0 Å². The van der Waals surface area contributed by atoms with Gasteiger partial charge in [-0.1, -0.05) is 36.4 Å². The number of aromatic amines is 1. The molecule has 0 bridgehead atoms. The SMILES string of the molecule is CC(c1ccccc1)N1CC(C(=O)N2CC=C(c3c[nH]c4cccnc34)CC2)CC1=O. The first-order chi connectivity index (χ1) is 15.1. The van der Waals surface area contributed by atoms with Gasteiger partial charge < -0.3 is 14.8 Å². The molecule has 1 aromatic carbocycles. The molecule has 6 nitrogen and oxygen atoms in total. The minimum atomic E-state index is -0.261. The van der Waals surface area contributed by atoms with E-state index in [0.717, 1.165) is 28.6 Å². The van der Waals surface area contributed by atoms with Crippen LogP contribution < -0.4 is 0 Å². The van der Waals surface area contributed by atoms with Crippen LogP contribution in [0.25, 0.3) is 16.6 Å². The molecule has 0 radical (unpaired) electrons. The van der Waals surface area contributed by atoms with E-state index < -0.39 is 0 Å². The molecule has 0 spiro atoms. The van der Waals surface area contributed by atoms with E-state index >= 15 is 0 Å². The number of fused-ring (bicyclic) bond motifs is 1. The van der Waals surface area contributed by atoms with Crippen molar-refractivity contribution in [1.82, 2.24) is 19.8 Å². The van der Waals surface area contributed by atoms with E-state index in [0.29, 0.717) is 26.1 Å². The number of H-pyrrole nitrogens is 1. The quantitative estimate of drug-likeness (QED) is 0.706. The highest BCUT2D eigenvalue weighted by molar-refractivity contribution is 5.92. The topological polar surface area (TPSA) is 69.3 Å². The number of likely N-dealkylation sites (tertiary alicyclic amines) is 1. The maximum absolute atomic E-state index is 13.2. The molecule has 2 aromatic heterocycles. The molecule has 0 aliphatic carbocycles. The summed E-state index contributed by atoms with van der Waals surface area (Å²) in [5, 5.41) is 0. The lowest BCUT2D eigenvalue weighted by molar-refractivity contribution is -0.135. The number of carbonyl (C=O) groups is 2. The Morgan fingerprint density at radius 3 is 2.81 bits per heavy atom. The number of rotatable bonds is 4. The van der Waals surface area contributed by atoms with Crippen molar-refractivity contribution in [3.8, 4) is 0 Å². The number of amides is 2. The van der Waals surface area contributed by atoms with Gasteiger partial charge in [0.05, 0.1) is 23.0 Å². The van der Waals surface area contributed by atoms with Crippen LogP contribution in [0, 0.1) is 5.92 Å². The zero-order chi connectivity index (χ0) is 21.4. The summed E-state index contributed by atoms with van der Waals surface area (Å²) in [6, 6.07) is 13.9. The minimum absolute atomic E-state index is 0.0197. The molecule has 0 saturated carbocycles. The van der Waals surface area contributed by atoms with E-state index in [1.54, 1.807) is 6.20 Å². The van der Waals surface area contributed by atoms with Crippen LogP contribution >= 0.6 is 0 Å². The van der Waals surface area contributed by atoms with Gasteiger partial charge in [0.15, 0.2) is 0 Å². The fourth-order valence-corrected chi connectivity index (χ4v) is 4.75. The van der Waals surface area contributed by atoms with Crippen LogP contribution in [0.15, 0.2) is 60.9 Å². The first-order valence-corrected chi connectivity index (χ1v) is 10.9. The lowest BCUT2D eigenvalue weighted by atomic mass is 9.99. The standard InChI is InChI=1S/C25H26N4O2/c1-17(18-6-3-2-4-7-18)29-16-20(14-23(29)30)25(31)28-12-9-19(10-13-28)21-15-27-22-8-5-11-26-24(21)22/h2-9,11,15,17,20,27H,10,12-14,16H2,1H3. The molecule has 2 amide bonds. The smallest absolute Gasteiger partial charge is 0.228 e. The van der Waals surface area contributed by atoms with Crippen molar-refractivity contribution in [2.45, 2.75) is 25.8 Å². The molecule has 4 heterocycles. The van der Waals surface area contributed by atoms with Gasteiger partial charge in [-0.2, -0.15) is 0 Å². The van der Waals surface area contributed by atoms with Crippen molar-refractivity contribution in [2.75, 3.05) is 19.6 Å². The van der Waals surface area contributed by atoms with E-state index in [4.69, 9.17) is 0 Å². The van der Waals surface area contributed by atoms with Crippen molar-refractivity contribution in [3.63, 3.8) is 0 Å². The second kappa shape index (κ2) is 8.02. The van der Waals surface area contributed by atoms with Crippen LogP contribution in [0.4, 0.5) is 0 Å². The fraction of sp³-hybridized carbons (Fsp3) is 0.320. The largest absolute Gasteiger partial charge is 0.359 e. The summed E-state index contributed by atoms with van der Waals surface area (Å²) < 4.78 is 0. The molecular weight excluding hydrogens is 388 g/mol. The monoisotopic (exact) mass is 414 g/mol. The number of hydrogen-bond donors (Lipinski definition) is 1. The van der Waals surface area contributed by atoms with E-state index in [1.165, 1.54) is 5.57 Å². The summed E-state index contributed by atoms with van der Waals surface area (Å²) in [7, 11) is 0. The summed E-state index contributed by atoms with van der Waals surface area (Å²) in [5.74, 6) is -0.111. The lowest BCUT2D eigenvalue weighted by Gasteiger charge is -2.29. The average molecular weight is 415 g/mol. The maximum atomic E-state index is 13.2. The van der Waals surface area contributed by atoms with Gasteiger partial charge in [-0.15, -0.1) is 0 Å². The van der Waals surface area contributed by atoms with Crippen LogP contribution in [0.1, 0.15) is 36.9 Å². The highest BCUT2D eigenvalue weighted by atomic mass is 16.2. The molecule has 5 rings (SSSR count). The molecule has 6 heteroatoms. The third-order valence-corrected chi connectivity index (χ3v) is 6.56. The predicted octanol–water partition coefficient (Wildman–Crippen LogP) is 3.79. The highest BCUT2D eigenvalue weighted by Gasteiger charge is 2.39. The van der Waals surface area contributed by atoms with Crippen LogP contribution in [-0.2, 0) is 9.59 Å². The first kappa shape index (κ1) is 19.5. The molecular formula is C25H26N4O2. The van der Waals surface area contributed by atoms with Crippen molar-refractivity contribution >= 4 is 28.4 Å². The number of benzene rings is 1. The average Bonchev–Trinajstić information content (AvgIpc) is 3.42. The van der Waals surface area contributed by atoms with Crippen LogP contribution in [0.5, 0.6) is 0 Å². The summed E-state index contributed by atoms with van der Waals surface area (Å²) in [6.07, 6.45) is 7.02.